The van der Waals surface area contributed by atoms with Crippen molar-refractivity contribution in [2.75, 3.05) is 5.73 Å². The van der Waals surface area contributed by atoms with E-state index in [9.17, 15) is 0 Å². The monoisotopic (exact) mass is 278 g/mol. The van der Waals surface area contributed by atoms with Gasteiger partial charge in [-0.15, -0.1) is 0 Å². The van der Waals surface area contributed by atoms with Gasteiger partial charge < -0.3 is 5.73 Å². The van der Waals surface area contributed by atoms with Crippen molar-refractivity contribution in [3.05, 3.63) is 33.8 Å². The van der Waals surface area contributed by atoms with Crippen LogP contribution in [0.15, 0.2) is 22.7 Å². The largest absolute Gasteiger partial charge is 0.383 e. The minimum atomic E-state index is 0.666. The van der Waals surface area contributed by atoms with E-state index in [1.165, 1.54) is 0 Å². The maximum atomic E-state index is 5.96. The van der Waals surface area contributed by atoms with Gasteiger partial charge in [-0.2, -0.15) is 0 Å². The molecule has 0 aliphatic rings. The second-order valence-electron chi connectivity index (χ2n) is 4.08. The Hall–Kier alpha value is -1.09. The molecule has 0 aliphatic heterocycles. The van der Waals surface area contributed by atoms with Gasteiger partial charge in [-0.1, -0.05) is 29.3 Å². The highest BCUT2D eigenvalue weighted by atomic mass is 79.9. The number of anilines is 1. The lowest BCUT2D eigenvalue weighted by molar-refractivity contribution is 0.921. The van der Waals surface area contributed by atoms with Gasteiger partial charge in [-0.3, -0.25) is 0 Å². The van der Waals surface area contributed by atoms with Crippen molar-refractivity contribution >= 4 is 32.7 Å². The van der Waals surface area contributed by atoms with Gasteiger partial charge in [0.25, 0.3) is 0 Å². The number of rotatable bonds is 2. The van der Waals surface area contributed by atoms with Crippen LogP contribution in [-0.2, 0) is 6.42 Å². The Morgan fingerprint density at radius 2 is 2.06 bits per heavy atom. The molecule has 0 bridgehead atoms. The van der Waals surface area contributed by atoms with Gasteiger partial charge in [-0.25, -0.2) is 4.98 Å². The van der Waals surface area contributed by atoms with Gasteiger partial charge in [0.05, 0.1) is 5.52 Å². The van der Waals surface area contributed by atoms with Crippen LogP contribution in [0, 0.1) is 6.92 Å². The number of hydrogen-bond acceptors (Lipinski definition) is 2. The van der Waals surface area contributed by atoms with Crippen molar-refractivity contribution in [2.24, 2.45) is 0 Å². The molecule has 0 saturated heterocycles. The number of hydrogen-bond donors (Lipinski definition) is 1. The van der Waals surface area contributed by atoms with Gasteiger partial charge in [0.1, 0.15) is 5.82 Å². The molecule has 0 amide bonds. The Labute approximate surface area is 104 Å². The summed E-state index contributed by atoms with van der Waals surface area (Å²) < 4.78 is 1.09. The molecule has 0 fully saturated rings. The standard InChI is InChI=1S/C13H15BrN2/c1-3-4-9-6-10-7-11(14)5-8(2)12(10)16-13(9)15/h5-7H,3-4H2,1-2H3,(H2,15,16). The predicted octanol–water partition coefficient (Wildman–Crippen LogP) is 3.84. The summed E-state index contributed by atoms with van der Waals surface area (Å²) in [7, 11) is 0. The average molecular weight is 279 g/mol. The van der Waals surface area contributed by atoms with Crippen LogP contribution >= 0.6 is 15.9 Å². The highest BCUT2D eigenvalue weighted by molar-refractivity contribution is 9.10. The highest BCUT2D eigenvalue weighted by Crippen LogP contribution is 2.26. The molecule has 2 N–H and O–H groups in total. The van der Waals surface area contributed by atoms with Crippen LogP contribution in [0.5, 0.6) is 0 Å². The van der Waals surface area contributed by atoms with E-state index in [1.807, 2.05) is 0 Å². The van der Waals surface area contributed by atoms with Crippen LogP contribution in [-0.4, -0.2) is 4.98 Å². The average Bonchev–Trinajstić information content (AvgIpc) is 2.21. The lowest BCUT2D eigenvalue weighted by Crippen LogP contribution is -1.99. The van der Waals surface area contributed by atoms with Crippen molar-refractivity contribution in [3.8, 4) is 0 Å². The van der Waals surface area contributed by atoms with Crippen LogP contribution in [0.2, 0.25) is 0 Å². The van der Waals surface area contributed by atoms with Crippen molar-refractivity contribution in [1.29, 1.82) is 0 Å². The molecule has 1 aromatic carbocycles. The molecule has 84 valence electrons. The predicted molar refractivity (Wildman–Crippen MR) is 72.6 cm³/mol. The van der Waals surface area contributed by atoms with Crippen molar-refractivity contribution in [2.45, 2.75) is 26.7 Å². The van der Waals surface area contributed by atoms with Crippen LogP contribution in [0.1, 0.15) is 24.5 Å². The molecule has 0 spiro atoms. The molecular formula is C13H15BrN2. The smallest absolute Gasteiger partial charge is 0.127 e. The first-order valence-electron chi connectivity index (χ1n) is 5.47. The first kappa shape index (κ1) is 11.4. The summed E-state index contributed by atoms with van der Waals surface area (Å²) in [5.41, 5.74) is 9.26. The molecule has 2 aromatic rings. The lowest BCUT2D eigenvalue weighted by Gasteiger charge is -2.08. The molecule has 0 aliphatic carbocycles. The zero-order valence-corrected chi connectivity index (χ0v) is 11.1. The number of nitrogens with zero attached hydrogens (tertiary/aromatic N) is 1. The maximum Gasteiger partial charge on any atom is 0.127 e. The zero-order valence-electron chi connectivity index (χ0n) is 9.55. The second kappa shape index (κ2) is 4.42. The number of pyridine rings is 1. The number of halogens is 1. The summed E-state index contributed by atoms with van der Waals surface area (Å²) in [6.07, 6.45) is 2.07. The second-order valence-corrected chi connectivity index (χ2v) is 4.99. The molecule has 2 rings (SSSR count). The van der Waals surface area contributed by atoms with Crippen LogP contribution in [0.4, 0.5) is 5.82 Å². The fourth-order valence-electron chi connectivity index (χ4n) is 1.95. The van der Waals surface area contributed by atoms with Crippen LogP contribution < -0.4 is 5.73 Å². The van der Waals surface area contributed by atoms with Gasteiger partial charge in [0.15, 0.2) is 0 Å². The first-order chi connectivity index (χ1) is 7.61. The third-order valence-corrected chi connectivity index (χ3v) is 3.16. The van der Waals surface area contributed by atoms with Gasteiger partial charge >= 0.3 is 0 Å². The highest BCUT2D eigenvalue weighted by Gasteiger charge is 2.06. The van der Waals surface area contributed by atoms with E-state index in [2.05, 4.69) is 53.0 Å². The van der Waals surface area contributed by atoms with E-state index in [-0.39, 0.29) is 0 Å². The summed E-state index contributed by atoms with van der Waals surface area (Å²) in [6, 6.07) is 6.31. The molecule has 0 atom stereocenters. The van der Waals surface area contributed by atoms with Crippen LogP contribution in [0.25, 0.3) is 10.9 Å². The minimum Gasteiger partial charge on any atom is -0.383 e. The Morgan fingerprint density at radius 3 is 2.75 bits per heavy atom. The number of nitrogens with two attached hydrogens (primary N) is 1. The number of nitrogen functional groups attached to an aromatic ring is 1. The Bertz CT molecular complexity index is 535. The van der Waals surface area contributed by atoms with Gasteiger partial charge in [0.2, 0.25) is 0 Å². The third kappa shape index (κ3) is 2.05. The van der Waals surface area contributed by atoms with Crippen molar-refractivity contribution in [1.82, 2.24) is 4.98 Å². The number of benzene rings is 1. The number of aryl methyl sites for hydroxylation is 2. The number of aromatic nitrogens is 1. The summed E-state index contributed by atoms with van der Waals surface area (Å²) in [5.74, 6) is 0.666. The molecule has 16 heavy (non-hydrogen) atoms. The van der Waals surface area contributed by atoms with E-state index in [0.29, 0.717) is 5.82 Å². The number of fused-ring (bicyclic) bond motifs is 1. The first-order valence-corrected chi connectivity index (χ1v) is 6.26. The molecule has 0 radical (unpaired) electrons. The normalized spacial score (nSPS) is 10.9. The topological polar surface area (TPSA) is 38.9 Å². The molecule has 0 unspecified atom stereocenters. The summed E-state index contributed by atoms with van der Waals surface area (Å²) >= 11 is 3.51. The van der Waals surface area contributed by atoms with Gasteiger partial charge in [-0.05, 0) is 42.7 Å². The molecule has 0 saturated carbocycles. The Balaban J connectivity index is 2.69. The maximum absolute atomic E-state index is 5.96. The third-order valence-electron chi connectivity index (χ3n) is 2.71. The van der Waals surface area contributed by atoms with Crippen molar-refractivity contribution in [3.63, 3.8) is 0 Å². The van der Waals surface area contributed by atoms with E-state index < -0.39 is 0 Å². The quantitative estimate of drug-likeness (QED) is 0.907. The summed E-state index contributed by atoms with van der Waals surface area (Å²) in [5, 5.41) is 1.16. The molecule has 3 heteroatoms. The van der Waals surface area contributed by atoms with E-state index in [4.69, 9.17) is 5.73 Å². The fourth-order valence-corrected chi connectivity index (χ4v) is 2.54. The van der Waals surface area contributed by atoms with Crippen LogP contribution in [0.3, 0.4) is 0 Å². The molecule has 2 nitrogen and oxygen atoms in total. The minimum absolute atomic E-state index is 0.666. The molecule has 1 aromatic heterocycles. The zero-order chi connectivity index (χ0) is 11.7. The van der Waals surface area contributed by atoms with E-state index in [1.54, 1.807) is 0 Å². The fraction of sp³-hybridized carbons (Fsp3) is 0.308. The summed E-state index contributed by atoms with van der Waals surface area (Å²) in [4.78, 5) is 4.49. The Morgan fingerprint density at radius 1 is 1.31 bits per heavy atom. The lowest BCUT2D eigenvalue weighted by atomic mass is 10.1. The van der Waals surface area contributed by atoms with E-state index in [0.717, 1.165) is 39.3 Å². The molecular weight excluding hydrogens is 264 g/mol. The van der Waals surface area contributed by atoms with Gasteiger partial charge in [0, 0.05) is 9.86 Å². The van der Waals surface area contributed by atoms with E-state index >= 15 is 0 Å². The van der Waals surface area contributed by atoms with Crippen molar-refractivity contribution < 1.29 is 0 Å². The Kier molecular flexibility index (Phi) is 3.15. The molecule has 1 heterocycles. The summed E-state index contributed by atoms with van der Waals surface area (Å²) in [6.45, 7) is 4.20. The SMILES string of the molecule is CCCc1cc2cc(Br)cc(C)c2nc1N.